The molecule has 19 heavy (non-hydrogen) atoms. The predicted octanol–water partition coefficient (Wildman–Crippen LogP) is 1.04. The lowest BCUT2D eigenvalue weighted by Crippen LogP contribution is -2.30. The number of nitrogen functional groups attached to an aromatic ring is 1. The van der Waals surface area contributed by atoms with Crippen LogP contribution in [-0.4, -0.2) is 30.0 Å². The van der Waals surface area contributed by atoms with E-state index >= 15 is 0 Å². The average Bonchev–Trinajstić information content (AvgIpc) is 2.82. The van der Waals surface area contributed by atoms with Gasteiger partial charge in [0.05, 0.1) is 17.8 Å². The fourth-order valence-corrected chi connectivity index (χ4v) is 1.76. The second-order valence-electron chi connectivity index (χ2n) is 3.98. The zero-order chi connectivity index (χ0) is 13.8. The van der Waals surface area contributed by atoms with Crippen molar-refractivity contribution >= 4 is 28.5 Å². The molecular weight excluding hydrogens is 246 g/mol. The second-order valence-corrected chi connectivity index (χ2v) is 3.98. The van der Waals surface area contributed by atoms with Crippen LogP contribution in [0.25, 0.3) is 10.9 Å². The number of H-pyrrole nitrogens is 1. The van der Waals surface area contributed by atoms with Crippen molar-refractivity contribution in [2.45, 2.75) is 6.92 Å². The number of carbonyl (C=O) groups is 2. The number of rotatable bonds is 4. The molecule has 1 heterocycles. The molecule has 0 saturated carbocycles. The Hall–Kier alpha value is -2.50. The van der Waals surface area contributed by atoms with E-state index in [0.29, 0.717) is 16.9 Å². The van der Waals surface area contributed by atoms with Crippen molar-refractivity contribution in [3.8, 4) is 0 Å². The maximum Gasteiger partial charge on any atom is 0.325 e. The van der Waals surface area contributed by atoms with Crippen molar-refractivity contribution in [3.63, 3.8) is 0 Å². The van der Waals surface area contributed by atoms with Gasteiger partial charge in [-0.05, 0) is 19.1 Å². The first-order valence-electron chi connectivity index (χ1n) is 5.93. The van der Waals surface area contributed by atoms with Crippen LogP contribution in [0.4, 0.5) is 5.69 Å². The molecule has 1 aromatic heterocycles. The standard InChI is InChI=1S/C13H15N3O3/c1-2-19-11(17)7-15-13(18)10-6-8-4-3-5-9(14)12(8)16-10/h3-6,16H,2,7,14H2,1H3,(H,15,18). The lowest BCUT2D eigenvalue weighted by molar-refractivity contribution is -0.141. The van der Waals surface area contributed by atoms with E-state index in [0.717, 1.165) is 5.39 Å². The molecule has 0 spiro atoms. The Morgan fingerprint density at radius 1 is 1.42 bits per heavy atom. The van der Waals surface area contributed by atoms with Gasteiger partial charge >= 0.3 is 5.97 Å². The lowest BCUT2D eigenvalue weighted by atomic mass is 10.2. The third-order valence-corrected chi connectivity index (χ3v) is 2.63. The molecule has 0 saturated heterocycles. The van der Waals surface area contributed by atoms with Gasteiger partial charge in [-0.15, -0.1) is 0 Å². The number of para-hydroxylation sites is 1. The van der Waals surface area contributed by atoms with E-state index in [-0.39, 0.29) is 19.1 Å². The molecule has 1 aromatic carbocycles. The molecule has 0 bridgehead atoms. The van der Waals surface area contributed by atoms with Crippen LogP contribution >= 0.6 is 0 Å². The lowest BCUT2D eigenvalue weighted by Gasteiger charge is -2.03. The van der Waals surface area contributed by atoms with Gasteiger partial charge in [-0.25, -0.2) is 0 Å². The number of amides is 1. The minimum absolute atomic E-state index is 0.155. The number of aromatic nitrogens is 1. The molecule has 1 amide bonds. The van der Waals surface area contributed by atoms with Gasteiger partial charge in [0.25, 0.3) is 5.91 Å². The SMILES string of the molecule is CCOC(=O)CNC(=O)c1cc2cccc(N)c2[nH]1. The second kappa shape index (κ2) is 5.43. The summed E-state index contributed by atoms with van der Waals surface area (Å²) in [5.41, 5.74) is 7.44. The summed E-state index contributed by atoms with van der Waals surface area (Å²) < 4.78 is 4.72. The Bertz CT molecular complexity index is 619. The highest BCUT2D eigenvalue weighted by Gasteiger charge is 2.12. The Morgan fingerprint density at radius 3 is 2.89 bits per heavy atom. The smallest absolute Gasteiger partial charge is 0.325 e. The first-order chi connectivity index (χ1) is 9.11. The zero-order valence-electron chi connectivity index (χ0n) is 10.5. The number of hydrogen-bond donors (Lipinski definition) is 3. The number of esters is 1. The Balaban J connectivity index is 2.09. The molecule has 0 aliphatic carbocycles. The summed E-state index contributed by atoms with van der Waals surface area (Å²) in [6, 6.07) is 7.10. The fourth-order valence-electron chi connectivity index (χ4n) is 1.76. The van der Waals surface area contributed by atoms with Crippen molar-refractivity contribution < 1.29 is 14.3 Å². The van der Waals surface area contributed by atoms with Gasteiger partial charge in [-0.1, -0.05) is 12.1 Å². The van der Waals surface area contributed by atoms with Crippen LogP contribution < -0.4 is 11.1 Å². The molecule has 6 heteroatoms. The summed E-state index contributed by atoms with van der Waals surface area (Å²) in [4.78, 5) is 25.9. The molecule has 0 atom stereocenters. The number of nitrogens with one attached hydrogen (secondary N) is 2. The highest BCUT2D eigenvalue weighted by Crippen LogP contribution is 2.20. The quantitative estimate of drug-likeness (QED) is 0.566. The van der Waals surface area contributed by atoms with Crippen molar-refractivity contribution in [1.82, 2.24) is 10.3 Å². The number of ether oxygens (including phenoxy) is 1. The van der Waals surface area contributed by atoms with Gasteiger partial charge in [0.1, 0.15) is 12.2 Å². The van der Waals surface area contributed by atoms with Crippen molar-refractivity contribution in [1.29, 1.82) is 0 Å². The maximum atomic E-state index is 11.8. The third kappa shape index (κ3) is 2.85. The first kappa shape index (κ1) is 12.9. The van der Waals surface area contributed by atoms with Gasteiger partial charge in [0.2, 0.25) is 0 Å². The Morgan fingerprint density at radius 2 is 2.21 bits per heavy atom. The van der Waals surface area contributed by atoms with E-state index < -0.39 is 5.97 Å². The minimum atomic E-state index is -0.466. The molecule has 2 aromatic rings. The van der Waals surface area contributed by atoms with E-state index in [4.69, 9.17) is 10.5 Å². The number of fused-ring (bicyclic) bond motifs is 1. The molecule has 0 aliphatic heterocycles. The molecule has 0 fully saturated rings. The molecule has 0 aliphatic rings. The van der Waals surface area contributed by atoms with Gasteiger partial charge in [0, 0.05) is 5.39 Å². The van der Waals surface area contributed by atoms with E-state index in [1.54, 1.807) is 19.1 Å². The summed E-state index contributed by atoms with van der Waals surface area (Å²) in [7, 11) is 0. The normalized spacial score (nSPS) is 10.4. The van der Waals surface area contributed by atoms with E-state index in [9.17, 15) is 9.59 Å². The molecule has 4 N–H and O–H groups in total. The van der Waals surface area contributed by atoms with E-state index in [1.165, 1.54) is 0 Å². The van der Waals surface area contributed by atoms with Crippen LogP contribution in [-0.2, 0) is 9.53 Å². The highest BCUT2D eigenvalue weighted by molar-refractivity contribution is 6.01. The van der Waals surface area contributed by atoms with Crippen LogP contribution in [0.1, 0.15) is 17.4 Å². The summed E-state index contributed by atoms with van der Waals surface area (Å²) >= 11 is 0. The Labute approximate surface area is 109 Å². The largest absolute Gasteiger partial charge is 0.465 e. The van der Waals surface area contributed by atoms with Crippen LogP contribution in [0.3, 0.4) is 0 Å². The van der Waals surface area contributed by atoms with Crippen LogP contribution in [0.5, 0.6) is 0 Å². The Kier molecular flexibility index (Phi) is 3.70. The van der Waals surface area contributed by atoms with Crippen molar-refractivity contribution in [2.75, 3.05) is 18.9 Å². The zero-order valence-corrected chi connectivity index (χ0v) is 10.5. The number of nitrogens with two attached hydrogens (primary N) is 1. The highest BCUT2D eigenvalue weighted by atomic mass is 16.5. The third-order valence-electron chi connectivity index (χ3n) is 2.63. The number of carbonyl (C=O) groups excluding carboxylic acids is 2. The van der Waals surface area contributed by atoms with E-state index in [1.807, 2.05) is 12.1 Å². The molecule has 0 unspecified atom stereocenters. The average molecular weight is 261 g/mol. The summed E-state index contributed by atoms with van der Waals surface area (Å²) in [6.45, 7) is 1.84. The van der Waals surface area contributed by atoms with Gasteiger partial charge in [-0.2, -0.15) is 0 Å². The number of benzene rings is 1. The molecular formula is C13H15N3O3. The number of aromatic amines is 1. The minimum Gasteiger partial charge on any atom is -0.465 e. The van der Waals surface area contributed by atoms with Gasteiger partial charge in [-0.3, -0.25) is 9.59 Å². The van der Waals surface area contributed by atoms with Gasteiger partial charge < -0.3 is 20.8 Å². The monoisotopic (exact) mass is 261 g/mol. The summed E-state index contributed by atoms with van der Waals surface area (Å²) in [5.74, 6) is -0.838. The predicted molar refractivity (Wildman–Crippen MR) is 71.7 cm³/mol. The molecule has 6 nitrogen and oxygen atoms in total. The molecule has 100 valence electrons. The number of hydrogen-bond acceptors (Lipinski definition) is 4. The molecule has 2 rings (SSSR count). The van der Waals surface area contributed by atoms with Gasteiger partial charge in [0.15, 0.2) is 0 Å². The van der Waals surface area contributed by atoms with Crippen molar-refractivity contribution in [3.05, 3.63) is 30.0 Å². The maximum absolute atomic E-state index is 11.8. The number of anilines is 1. The van der Waals surface area contributed by atoms with Crippen LogP contribution in [0.15, 0.2) is 24.3 Å². The summed E-state index contributed by atoms with van der Waals surface area (Å²) in [6.07, 6.45) is 0. The van der Waals surface area contributed by atoms with Crippen LogP contribution in [0, 0.1) is 0 Å². The molecule has 0 radical (unpaired) electrons. The van der Waals surface area contributed by atoms with Crippen LogP contribution in [0.2, 0.25) is 0 Å². The van der Waals surface area contributed by atoms with Crippen molar-refractivity contribution in [2.24, 2.45) is 0 Å². The summed E-state index contributed by atoms with van der Waals surface area (Å²) in [5, 5.41) is 3.33. The fraction of sp³-hybridized carbons (Fsp3) is 0.231. The first-order valence-corrected chi connectivity index (χ1v) is 5.93. The van der Waals surface area contributed by atoms with E-state index in [2.05, 4.69) is 10.3 Å². The topological polar surface area (TPSA) is 97.2 Å².